The smallest absolute Gasteiger partial charge is 0.247 e. The first-order chi connectivity index (χ1) is 13.5. The van der Waals surface area contributed by atoms with E-state index >= 15 is 0 Å². The Bertz CT molecular complexity index is 1010. The first-order valence-corrected chi connectivity index (χ1v) is 9.71. The van der Waals surface area contributed by atoms with Crippen molar-refractivity contribution in [2.45, 2.75) is 39.7 Å². The zero-order valence-corrected chi connectivity index (χ0v) is 16.6. The van der Waals surface area contributed by atoms with E-state index in [9.17, 15) is 4.79 Å². The van der Waals surface area contributed by atoms with Crippen LogP contribution in [0.4, 0.5) is 0 Å². The Morgan fingerprint density at radius 3 is 2.68 bits per heavy atom. The quantitative estimate of drug-likeness (QED) is 0.617. The van der Waals surface area contributed by atoms with E-state index < -0.39 is 0 Å². The highest BCUT2D eigenvalue weighted by atomic mass is 16.5. The molecular weight excluding hydrogens is 350 g/mol. The fourth-order valence-electron chi connectivity index (χ4n) is 4.07. The van der Waals surface area contributed by atoms with Crippen molar-refractivity contribution < 1.29 is 9.32 Å². The summed E-state index contributed by atoms with van der Waals surface area (Å²) in [5.41, 5.74) is 5.30. The Morgan fingerprint density at radius 1 is 1.18 bits per heavy atom. The molecule has 0 saturated carbocycles. The number of nitrogens with zero attached hydrogens (tertiary/aromatic N) is 3. The SMILES string of the molecule is Cc1cc([C@@H]2CCCN2C(=O)/C=C/c2cc(C)n(-c3ccccc3)c2C)no1. The van der Waals surface area contributed by atoms with E-state index in [1.54, 1.807) is 6.08 Å². The number of likely N-dealkylation sites (tertiary alicyclic amines) is 1. The van der Waals surface area contributed by atoms with E-state index in [1.807, 2.05) is 42.2 Å². The van der Waals surface area contributed by atoms with E-state index in [-0.39, 0.29) is 11.9 Å². The summed E-state index contributed by atoms with van der Waals surface area (Å²) in [7, 11) is 0. The van der Waals surface area contributed by atoms with Crippen LogP contribution in [0.15, 0.2) is 53.1 Å². The zero-order valence-electron chi connectivity index (χ0n) is 16.6. The molecule has 0 radical (unpaired) electrons. The predicted octanol–water partition coefficient (Wildman–Crippen LogP) is 4.77. The molecule has 1 aromatic carbocycles. The number of rotatable bonds is 4. The third-order valence-electron chi connectivity index (χ3n) is 5.41. The maximum absolute atomic E-state index is 12.9. The molecule has 1 fully saturated rings. The van der Waals surface area contributed by atoms with Crippen LogP contribution in [-0.2, 0) is 4.79 Å². The van der Waals surface area contributed by atoms with E-state index in [2.05, 4.69) is 41.8 Å². The molecule has 0 N–H and O–H groups in total. The fraction of sp³-hybridized carbons (Fsp3) is 0.304. The molecule has 1 saturated heterocycles. The van der Waals surface area contributed by atoms with Crippen LogP contribution in [0.1, 0.15) is 47.3 Å². The van der Waals surface area contributed by atoms with Crippen LogP contribution in [0.3, 0.4) is 0 Å². The summed E-state index contributed by atoms with van der Waals surface area (Å²) >= 11 is 0. The lowest BCUT2D eigenvalue weighted by Gasteiger charge is -2.21. The van der Waals surface area contributed by atoms with Crippen molar-refractivity contribution in [1.29, 1.82) is 0 Å². The second-order valence-electron chi connectivity index (χ2n) is 7.38. The summed E-state index contributed by atoms with van der Waals surface area (Å²) < 4.78 is 7.41. The maximum atomic E-state index is 12.9. The fourth-order valence-corrected chi connectivity index (χ4v) is 4.07. The molecule has 0 aliphatic carbocycles. The standard InChI is InChI=1S/C23H25N3O2/c1-16-14-19(18(3)26(16)20-8-5-4-6-9-20)11-12-23(27)25-13-7-10-22(25)21-15-17(2)28-24-21/h4-6,8-9,11-12,14-15,22H,7,10,13H2,1-3H3/b12-11+/t22-/m0/s1. The van der Waals surface area contributed by atoms with Crippen molar-refractivity contribution in [1.82, 2.24) is 14.6 Å². The Balaban J connectivity index is 1.55. The molecule has 1 aliphatic heterocycles. The number of amides is 1. The Morgan fingerprint density at radius 2 is 1.96 bits per heavy atom. The van der Waals surface area contributed by atoms with Crippen LogP contribution >= 0.6 is 0 Å². The van der Waals surface area contributed by atoms with E-state index in [0.29, 0.717) is 0 Å². The normalized spacial score (nSPS) is 17.0. The Labute approximate surface area is 165 Å². The van der Waals surface area contributed by atoms with Crippen molar-refractivity contribution in [3.05, 3.63) is 76.9 Å². The molecule has 0 spiro atoms. The number of benzene rings is 1. The Hall–Kier alpha value is -3.08. The number of aryl methyl sites for hydroxylation is 2. The van der Waals surface area contributed by atoms with Gasteiger partial charge in [0.2, 0.25) is 5.91 Å². The molecular formula is C23H25N3O2. The summed E-state index contributed by atoms with van der Waals surface area (Å²) in [6, 6.07) is 14.3. The van der Waals surface area contributed by atoms with Gasteiger partial charge in [-0.2, -0.15) is 0 Å². The highest BCUT2D eigenvalue weighted by molar-refractivity contribution is 5.92. The van der Waals surface area contributed by atoms with Gasteiger partial charge in [-0.25, -0.2) is 0 Å². The summed E-state index contributed by atoms with van der Waals surface area (Å²) in [5.74, 6) is 0.797. The molecule has 5 heteroatoms. The van der Waals surface area contributed by atoms with Gasteiger partial charge in [0.05, 0.1) is 6.04 Å². The number of hydrogen-bond acceptors (Lipinski definition) is 3. The van der Waals surface area contributed by atoms with Gasteiger partial charge in [0.25, 0.3) is 0 Å². The van der Waals surface area contributed by atoms with Crippen molar-refractivity contribution in [3.63, 3.8) is 0 Å². The minimum absolute atomic E-state index is 0.00588. The summed E-state index contributed by atoms with van der Waals surface area (Å²) in [6.07, 6.45) is 5.52. The number of aromatic nitrogens is 2. The number of hydrogen-bond donors (Lipinski definition) is 0. The average molecular weight is 375 g/mol. The molecule has 1 amide bonds. The van der Waals surface area contributed by atoms with Gasteiger partial charge in [-0.1, -0.05) is 23.4 Å². The van der Waals surface area contributed by atoms with Gasteiger partial charge < -0.3 is 14.0 Å². The first kappa shape index (κ1) is 18.3. The van der Waals surface area contributed by atoms with Crippen LogP contribution < -0.4 is 0 Å². The molecule has 5 nitrogen and oxygen atoms in total. The maximum Gasteiger partial charge on any atom is 0.247 e. The molecule has 4 rings (SSSR count). The second kappa shape index (κ2) is 7.50. The van der Waals surface area contributed by atoms with E-state index in [4.69, 9.17) is 4.52 Å². The molecule has 3 aromatic rings. The Kier molecular flexibility index (Phi) is 4.90. The molecule has 3 heterocycles. The minimum Gasteiger partial charge on any atom is -0.361 e. The van der Waals surface area contributed by atoms with Crippen LogP contribution in [0, 0.1) is 20.8 Å². The molecule has 1 atom stereocenters. The van der Waals surface area contributed by atoms with Crippen molar-refractivity contribution in [2.75, 3.05) is 6.54 Å². The van der Waals surface area contributed by atoms with Crippen molar-refractivity contribution in [2.24, 2.45) is 0 Å². The third kappa shape index (κ3) is 3.40. The molecule has 0 unspecified atom stereocenters. The highest BCUT2D eigenvalue weighted by Gasteiger charge is 2.31. The van der Waals surface area contributed by atoms with Gasteiger partial charge in [-0.15, -0.1) is 0 Å². The first-order valence-electron chi connectivity index (χ1n) is 9.71. The number of carbonyl (C=O) groups is 1. The summed E-state index contributed by atoms with van der Waals surface area (Å²) in [5, 5.41) is 4.12. The van der Waals surface area contributed by atoms with E-state index in [1.165, 1.54) is 0 Å². The largest absolute Gasteiger partial charge is 0.361 e. The lowest BCUT2D eigenvalue weighted by Crippen LogP contribution is -2.29. The molecule has 0 bridgehead atoms. The predicted molar refractivity (Wildman–Crippen MR) is 109 cm³/mol. The lowest BCUT2D eigenvalue weighted by atomic mass is 10.1. The zero-order chi connectivity index (χ0) is 19.7. The van der Waals surface area contributed by atoms with Crippen LogP contribution in [0.2, 0.25) is 0 Å². The van der Waals surface area contributed by atoms with Gasteiger partial charge in [-0.3, -0.25) is 4.79 Å². The van der Waals surface area contributed by atoms with Crippen LogP contribution in [0.5, 0.6) is 0 Å². The summed E-state index contributed by atoms with van der Waals surface area (Å²) in [6.45, 7) is 6.80. The van der Waals surface area contributed by atoms with Crippen LogP contribution in [-0.4, -0.2) is 27.1 Å². The highest BCUT2D eigenvalue weighted by Crippen LogP contribution is 2.32. The van der Waals surface area contributed by atoms with Gasteiger partial charge in [-0.05, 0) is 63.5 Å². The summed E-state index contributed by atoms with van der Waals surface area (Å²) in [4.78, 5) is 14.7. The second-order valence-corrected chi connectivity index (χ2v) is 7.38. The molecule has 1 aliphatic rings. The number of para-hydroxylation sites is 1. The minimum atomic E-state index is 0.00588. The van der Waals surface area contributed by atoms with Crippen molar-refractivity contribution in [3.8, 4) is 5.69 Å². The number of carbonyl (C=O) groups excluding carboxylic acids is 1. The lowest BCUT2D eigenvalue weighted by molar-refractivity contribution is -0.126. The monoisotopic (exact) mass is 375 g/mol. The van der Waals surface area contributed by atoms with Crippen LogP contribution in [0.25, 0.3) is 11.8 Å². The topological polar surface area (TPSA) is 51.3 Å². The van der Waals surface area contributed by atoms with Gasteiger partial charge in [0.15, 0.2) is 0 Å². The van der Waals surface area contributed by atoms with Crippen molar-refractivity contribution >= 4 is 12.0 Å². The van der Waals surface area contributed by atoms with Gasteiger partial charge in [0, 0.05) is 35.8 Å². The molecule has 28 heavy (non-hydrogen) atoms. The van der Waals surface area contributed by atoms with Gasteiger partial charge in [0.1, 0.15) is 11.5 Å². The molecule has 144 valence electrons. The third-order valence-corrected chi connectivity index (χ3v) is 5.41. The van der Waals surface area contributed by atoms with E-state index in [0.717, 1.165) is 53.5 Å². The van der Waals surface area contributed by atoms with Gasteiger partial charge >= 0.3 is 0 Å². The molecule has 2 aromatic heterocycles. The average Bonchev–Trinajstić information content (AvgIpc) is 3.40.